The summed E-state index contributed by atoms with van der Waals surface area (Å²) >= 11 is 0. The van der Waals surface area contributed by atoms with Crippen molar-refractivity contribution in [1.29, 1.82) is 0 Å². The number of hydrogen-bond acceptors (Lipinski definition) is 4. The average Bonchev–Trinajstić information content (AvgIpc) is 2.46. The first-order valence-electron chi connectivity index (χ1n) is 6.49. The first-order chi connectivity index (χ1) is 10.0. The number of nitrogens with zero attached hydrogens (tertiary/aromatic N) is 2. The monoisotopic (exact) mass is 284 g/mol. The molecule has 0 fully saturated rings. The molecule has 0 aliphatic rings. The number of nitrogens with one attached hydrogen (secondary N) is 2. The third-order valence-electron chi connectivity index (χ3n) is 2.73. The van der Waals surface area contributed by atoms with Crippen molar-refractivity contribution in [1.82, 2.24) is 15.5 Å². The molecule has 0 bridgehead atoms. The predicted molar refractivity (Wildman–Crippen MR) is 78.7 cm³/mol. The fraction of sp³-hybridized carbons (Fsp3) is 0.200. The lowest BCUT2D eigenvalue weighted by Crippen LogP contribution is -2.23. The van der Waals surface area contributed by atoms with E-state index in [2.05, 4.69) is 20.8 Å². The number of benzene rings is 1. The number of carbonyl (C=O) groups is 2. The Morgan fingerprint density at radius 2 is 1.95 bits per heavy atom. The van der Waals surface area contributed by atoms with Gasteiger partial charge in [-0.1, -0.05) is 6.07 Å². The molecule has 1 heterocycles. The molecular formula is C15H16N4O2. The molecule has 2 N–H and O–H groups in total. The molecule has 0 radical (unpaired) electrons. The highest BCUT2D eigenvalue weighted by Gasteiger charge is 2.07. The Bertz CT molecular complexity index is 653. The number of rotatable bonds is 4. The highest BCUT2D eigenvalue weighted by atomic mass is 16.2. The highest BCUT2D eigenvalue weighted by Crippen LogP contribution is 2.10. The lowest BCUT2D eigenvalue weighted by molar-refractivity contribution is -0.114. The Balaban J connectivity index is 1.99. The molecule has 2 amide bonds. The molecular weight excluding hydrogens is 268 g/mol. The van der Waals surface area contributed by atoms with E-state index < -0.39 is 0 Å². The normalized spacial score (nSPS) is 10.0. The van der Waals surface area contributed by atoms with E-state index in [1.807, 2.05) is 19.1 Å². The SMILES string of the molecule is CC(=O)Nc1cccc(C(=O)NCc2ccc(C)nn2)c1. The second-order valence-corrected chi connectivity index (χ2v) is 4.61. The summed E-state index contributed by atoms with van der Waals surface area (Å²) in [7, 11) is 0. The number of aromatic nitrogens is 2. The number of amides is 2. The van der Waals surface area contributed by atoms with Crippen LogP contribution in [0.2, 0.25) is 0 Å². The van der Waals surface area contributed by atoms with Gasteiger partial charge >= 0.3 is 0 Å². The van der Waals surface area contributed by atoms with Gasteiger partial charge in [0.05, 0.1) is 17.9 Å². The van der Waals surface area contributed by atoms with Crippen molar-refractivity contribution in [3.05, 3.63) is 53.3 Å². The van der Waals surface area contributed by atoms with Gasteiger partial charge in [0, 0.05) is 18.2 Å². The zero-order valence-electron chi connectivity index (χ0n) is 11.9. The summed E-state index contributed by atoms with van der Waals surface area (Å²) in [5.41, 5.74) is 2.58. The van der Waals surface area contributed by atoms with Gasteiger partial charge in [0.1, 0.15) is 0 Å². The predicted octanol–water partition coefficient (Wildman–Crippen LogP) is 1.67. The van der Waals surface area contributed by atoms with Crippen LogP contribution in [0.15, 0.2) is 36.4 Å². The van der Waals surface area contributed by atoms with Crippen LogP contribution in [0.4, 0.5) is 5.69 Å². The topological polar surface area (TPSA) is 84.0 Å². The Kier molecular flexibility index (Phi) is 4.61. The van der Waals surface area contributed by atoms with Crippen LogP contribution in [-0.2, 0) is 11.3 Å². The number of hydrogen-bond donors (Lipinski definition) is 2. The molecule has 1 aromatic carbocycles. The maximum absolute atomic E-state index is 12.1. The Hall–Kier alpha value is -2.76. The van der Waals surface area contributed by atoms with E-state index in [1.54, 1.807) is 24.3 Å². The molecule has 0 saturated carbocycles. The van der Waals surface area contributed by atoms with Crippen LogP contribution in [0, 0.1) is 6.92 Å². The van der Waals surface area contributed by atoms with Crippen LogP contribution >= 0.6 is 0 Å². The fourth-order valence-electron chi connectivity index (χ4n) is 1.74. The number of aryl methyl sites for hydroxylation is 1. The maximum atomic E-state index is 12.1. The van der Waals surface area contributed by atoms with Gasteiger partial charge < -0.3 is 10.6 Å². The van der Waals surface area contributed by atoms with E-state index in [0.717, 1.165) is 5.69 Å². The third-order valence-corrected chi connectivity index (χ3v) is 2.73. The van der Waals surface area contributed by atoms with Crippen molar-refractivity contribution < 1.29 is 9.59 Å². The van der Waals surface area contributed by atoms with Gasteiger partial charge in [0.25, 0.3) is 5.91 Å². The van der Waals surface area contributed by atoms with Gasteiger partial charge in [-0.2, -0.15) is 10.2 Å². The van der Waals surface area contributed by atoms with E-state index in [1.165, 1.54) is 6.92 Å². The van der Waals surface area contributed by atoms with Crippen LogP contribution in [0.5, 0.6) is 0 Å². The summed E-state index contributed by atoms with van der Waals surface area (Å²) in [6, 6.07) is 10.4. The Labute approximate surface area is 122 Å². The molecule has 0 spiro atoms. The Morgan fingerprint density at radius 1 is 1.14 bits per heavy atom. The zero-order valence-corrected chi connectivity index (χ0v) is 11.9. The molecule has 21 heavy (non-hydrogen) atoms. The lowest BCUT2D eigenvalue weighted by atomic mass is 10.2. The summed E-state index contributed by atoms with van der Waals surface area (Å²) in [5.74, 6) is -0.410. The van der Waals surface area contributed by atoms with Crippen molar-refractivity contribution >= 4 is 17.5 Å². The molecule has 6 heteroatoms. The van der Waals surface area contributed by atoms with Gasteiger partial charge in [-0.3, -0.25) is 9.59 Å². The van der Waals surface area contributed by atoms with Crippen molar-refractivity contribution in [2.24, 2.45) is 0 Å². The minimum atomic E-state index is -0.232. The van der Waals surface area contributed by atoms with E-state index in [-0.39, 0.29) is 11.8 Å². The van der Waals surface area contributed by atoms with Crippen LogP contribution in [0.25, 0.3) is 0 Å². The van der Waals surface area contributed by atoms with Crippen LogP contribution < -0.4 is 10.6 Å². The summed E-state index contributed by atoms with van der Waals surface area (Å²) in [5, 5.41) is 13.3. The first-order valence-corrected chi connectivity index (χ1v) is 6.49. The molecule has 6 nitrogen and oxygen atoms in total. The average molecular weight is 284 g/mol. The van der Waals surface area contributed by atoms with E-state index in [9.17, 15) is 9.59 Å². The summed E-state index contributed by atoms with van der Waals surface area (Å²) < 4.78 is 0. The van der Waals surface area contributed by atoms with Gasteiger partial charge in [-0.15, -0.1) is 0 Å². The van der Waals surface area contributed by atoms with Crippen LogP contribution in [-0.4, -0.2) is 22.0 Å². The molecule has 0 atom stereocenters. The van der Waals surface area contributed by atoms with Crippen molar-refractivity contribution in [3.63, 3.8) is 0 Å². The molecule has 0 saturated heterocycles. The molecule has 0 aliphatic heterocycles. The van der Waals surface area contributed by atoms with Crippen molar-refractivity contribution in [2.45, 2.75) is 20.4 Å². The first kappa shape index (κ1) is 14.6. The number of carbonyl (C=O) groups excluding carboxylic acids is 2. The zero-order chi connectivity index (χ0) is 15.2. The van der Waals surface area contributed by atoms with Gasteiger partial charge in [-0.05, 0) is 37.3 Å². The Morgan fingerprint density at radius 3 is 2.62 bits per heavy atom. The van der Waals surface area contributed by atoms with Crippen LogP contribution in [0.1, 0.15) is 28.7 Å². The van der Waals surface area contributed by atoms with Crippen molar-refractivity contribution in [2.75, 3.05) is 5.32 Å². The van der Waals surface area contributed by atoms with Crippen molar-refractivity contribution in [3.8, 4) is 0 Å². The fourth-order valence-corrected chi connectivity index (χ4v) is 1.74. The van der Waals surface area contributed by atoms with Crippen LogP contribution in [0.3, 0.4) is 0 Å². The third kappa shape index (κ3) is 4.38. The minimum Gasteiger partial charge on any atom is -0.346 e. The molecule has 0 aliphatic carbocycles. The summed E-state index contributed by atoms with van der Waals surface area (Å²) in [4.78, 5) is 23.1. The molecule has 1 aromatic heterocycles. The smallest absolute Gasteiger partial charge is 0.251 e. The largest absolute Gasteiger partial charge is 0.346 e. The quantitative estimate of drug-likeness (QED) is 0.894. The van der Waals surface area contributed by atoms with E-state index in [0.29, 0.717) is 23.5 Å². The molecule has 0 unspecified atom stereocenters. The van der Waals surface area contributed by atoms with Gasteiger partial charge in [0.15, 0.2) is 0 Å². The van der Waals surface area contributed by atoms with E-state index >= 15 is 0 Å². The summed E-state index contributed by atoms with van der Waals surface area (Å²) in [6.07, 6.45) is 0. The molecule has 108 valence electrons. The summed E-state index contributed by atoms with van der Waals surface area (Å²) in [6.45, 7) is 3.57. The lowest BCUT2D eigenvalue weighted by Gasteiger charge is -2.07. The standard InChI is InChI=1S/C15H16N4O2/c1-10-6-7-14(19-18-10)9-16-15(21)12-4-3-5-13(8-12)17-11(2)20/h3-8H,9H2,1-2H3,(H,16,21)(H,17,20). The number of anilines is 1. The maximum Gasteiger partial charge on any atom is 0.251 e. The van der Waals surface area contributed by atoms with Gasteiger partial charge in [0.2, 0.25) is 5.91 Å². The second-order valence-electron chi connectivity index (χ2n) is 4.61. The minimum absolute atomic E-state index is 0.178. The van der Waals surface area contributed by atoms with Gasteiger partial charge in [-0.25, -0.2) is 0 Å². The highest BCUT2D eigenvalue weighted by molar-refractivity contribution is 5.96. The van der Waals surface area contributed by atoms with E-state index in [4.69, 9.17) is 0 Å². The molecule has 2 aromatic rings. The molecule has 2 rings (SSSR count). The second kappa shape index (κ2) is 6.60.